The fourth-order valence-corrected chi connectivity index (χ4v) is 5.56. The second-order valence-electron chi connectivity index (χ2n) is 9.37. The lowest BCUT2D eigenvalue weighted by molar-refractivity contribution is 0.104. The maximum Gasteiger partial charge on any atom is 0.203 e. The summed E-state index contributed by atoms with van der Waals surface area (Å²) >= 11 is 1.58. The highest BCUT2D eigenvalue weighted by atomic mass is 32.1. The number of hydrogen-bond donors (Lipinski definition) is 1. The number of nitrogen functional groups attached to an aromatic ring is 1. The molecule has 35 heavy (non-hydrogen) atoms. The van der Waals surface area contributed by atoms with Crippen LogP contribution >= 0.6 is 11.3 Å². The molecule has 0 unspecified atom stereocenters. The molecule has 0 bridgehead atoms. The highest BCUT2D eigenvalue weighted by molar-refractivity contribution is 7.21. The number of fused-ring (bicyclic) bond motifs is 1. The fraction of sp³-hybridized carbons (Fsp3) is 0.500. The van der Waals surface area contributed by atoms with E-state index in [1.165, 1.54) is 38.8 Å². The Kier molecular flexibility index (Phi) is 11.1. The number of nitrogens with two attached hydrogens (primary N) is 1. The van der Waals surface area contributed by atoms with Crippen molar-refractivity contribution in [1.82, 2.24) is 4.90 Å². The number of anilines is 1. The first-order chi connectivity index (χ1) is 17.1. The molecule has 0 aliphatic carbocycles. The van der Waals surface area contributed by atoms with E-state index in [4.69, 9.17) is 10.5 Å². The summed E-state index contributed by atoms with van der Waals surface area (Å²) in [5.41, 5.74) is 8.64. The van der Waals surface area contributed by atoms with Crippen LogP contribution in [0.2, 0.25) is 0 Å². The number of thiophene rings is 1. The van der Waals surface area contributed by atoms with Crippen molar-refractivity contribution in [3.63, 3.8) is 0 Å². The van der Waals surface area contributed by atoms with E-state index in [1.54, 1.807) is 11.3 Å². The second kappa shape index (κ2) is 14.3. The normalized spacial score (nSPS) is 11.4. The van der Waals surface area contributed by atoms with Crippen molar-refractivity contribution in [1.29, 1.82) is 0 Å². The van der Waals surface area contributed by atoms with Gasteiger partial charge in [-0.05, 0) is 98.6 Å². The van der Waals surface area contributed by atoms with Gasteiger partial charge in [0.05, 0.1) is 11.5 Å². The number of aryl methyl sites for hydroxylation is 1. The van der Waals surface area contributed by atoms with Crippen molar-refractivity contribution >= 4 is 32.9 Å². The van der Waals surface area contributed by atoms with Gasteiger partial charge < -0.3 is 15.4 Å². The van der Waals surface area contributed by atoms with Crippen LogP contribution in [0, 0.1) is 0 Å². The first-order valence-electron chi connectivity index (χ1n) is 13.4. The molecule has 0 amide bonds. The van der Waals surface area contributed by atoms with Crippen LogP contribution in [-0.2, 0) is 6.42 Å². The quantitative estimate of drug-likeness (QED) is 0.126. The predicted octanol–water partition coefficient (Wildman–Crippen LogP) is 7.73. The SMILES string of the molecule is CCCCc1c(C(=O)c2ccc(OCCCN(CCCC)CCCC)cc2)sc2ccc(N)cc12. The Hall–Kier alpha value is -2.37. The summed E-state index contributed by atoms with van der Waals surface area (Å²) < 4.78 is 7.12. The zero-order chi connectivity index (χ0) is 25.0. The van der Waals surface area contributed by atoms with Gasteiger partial charge in [0, 0.05) is 22.5 Å². The van der Waals surface area contributed by atoms with E-state index in [2.05, 4.69) is 25.7 Å². The largest absolute Gasteiger partial charge is 0.494 e. The molecule has 4 nitrogen and oxygen atoms in total. The van der Waals surface area contributed by atoms with Gasteiger partial charge in [-0.15, -0.1) is 11.3 Å². The van der Waals surface area contributed by atoms with Crippen molar-refractivity contribution in [2.24, 2.45) is 0 Å². The lowest BCUT2D eigenvalue weighted by atomic mass is 10.00. The molecule has 1 aromatic heterocycles. The van der Waals surface area contributed by atoms with Crippen LogP contribution in [0.3, 0.4) is 0 Å². The van der Waals surface area contributed by atoms with E-state index in [0.29, 0.717) is 12.2 Å². The molecule has 5 heteroatoms. The topological polar surface area (TPSA) is 55.6 Å². The van der Waals surface area contributed by atoms with Crippen LogP contribution in [-0.4, -0.2) is 36.9 Å². The van der Waals surface area contributed by atoms with Crippen molar-refractivity contribution in [3.8, 4) is 5.75 Å². The first kappa shape index (κ1) is 27.2. The lowest BCUT2D eigenvalue weighted by Gasteiger charge is -2.21. The van der Waals surface area contributed by atoms with Gasteiger partial charge >= 0.3 is 0 Å². The molecular weight excluding hydrogens is 452 g/mol. The van der Waals surface area contributed by atoms with Crippen LogP contribution in [0.25, 0.3) is 10.1 Å². The maximum absolute atomic E-state index is 13.4. The Balaban J connectivity index is 1.61. The van der Waals surface area contributed by atoms with Crippen LogP contribution in [0.1, 0.15) is 86.5 Å². The minimum atomic E-state index is 0.0879. The van der Waals surface area contributed by atoms with Crippen molar-refractivity contribution < 1.29 is 9.53 Å². The van der Waals surface area contributed by atoms with Gasteiger partial charge in [-0.3, -0.25) is 4.79 Å². The molecular formula is C30H42N2O2S. The van der Waals surface area contributed by atoms with E-state index in [-0.39, 0.29) is 5.78 Å². The van der Waals surface area contributed by atoms with Gasteiger partial charge in [0.25, 0.3) is 0 Å². The molecule has 3 rings (SSSR count). The Morgan fingerprint density at radius 2 is 1.54 bits per heavy atom. The monoisotopic (exact) mass is 494 g/mol. The van der Waals surface area contributed by atoms with Gasteiger partial charge in [-0.2, -0.15) is 0 Å². The number of benzene rings is 2. The predicted molar refractivity (Wildman–Crippen MR) is 151 cm³/mol. The Morgan fingerprint density at radius 3 is 2.20 bits per heavy atom. The minimum absolute atomic E-state index is 0.0879. The summed E-state index contributed by atoms with van der Waals surface area (Å²) in [6.07, 6.45) is 9.05. The number of rotatable bonds is 16. The van der Waals surface area contributed by atoms with E-state index in [1.807, 2.05) is 42.5 Å². The van der Waals surface area contributed by atoms with E-state index >= 15 is 0 Å². The smallest absolute Gasteiger partial charge is 0.203 e. The van der Waals surface area contributed by atoms with Gasteiger partial charge in [-0.1, -0.05) is 40.0 Å². The molecule has 0 aliphatic heterocycles. The molecule has 0 saturated carbocycles. The third-order valence-electron chi connectivity index (χ3n) is 6.46. The Labute approximate surface area is 215 Å². The molecule has 0 radical (unpaired) electrons. The summed E-state index contributed by atoms with van der Waals surface area (Å²) in [7, 11) is 0. The Bertz CT molecular complexity index is 1050. The van der Waals surface area contributed by atoms with Crippen molar-refractivity contribution in [3.05, 3.63) is 58.5 Å². The van der Waals surface area contributed by atoms with Crippen LogP contribution in [0.5, 0.6) is 5.75 Å². The number of ketones is 1. The zero-order valence-electron chi connectivity index (χ0n) is 21.8. The Morgan fingerprint density at radius 1 is 0.886 bits per heavy atom. The number of nitrogens with zero attached hydrogens (tertiary/aromatic N) is 1. The summed E-state index contributed by atoms with van der Waals surface area (Å²) in [6, 6.07) is 13.6. The van der Waals surface area contributed by atoms with Crippen LogP contribution in [0.15, 0.2) is 42.5 Å². The van der Waals surface area contributed by atoms with Crippen molar-refractivity contribution in [2.45, 2.75) is 72.1 Å². The van der Waals surface area contributed by atoms with Crippen LogP contribution < -0.4 is 10.5 Å². The van der Waals surface area contributed by atoms with E-state index in [9.17, 15) is 4.79 Å². The third-order valence-corrected chi connectivity index (χ3v) is 7.67. The molecule has 190 valence electrons. The minimum Gasteiger partial charge on any atom is -0.494 e. The van der Waals surface area contributed by atoms with E-state index in [0.717, 1.165) is 64.2 Å². The lowest BCUT2D eigenvalue weighted by Crippen LogP contribution is -2.28. The fourth-order valence-electron chi connectivity index (χ4n) is 4.36. The van der Waals surface area contributed by atoms with Gasteiger partial charge in [0.2, 0.25) is 5.78 Å². The highest BCUT2D eigenvalue weighted by Crippen LogP contribution is 2.35. The molecule has 0 aliphatic rings. The van der Waals surface area contributed by atoms with E-state index < -0.39 is 0 Å². The summed E-state index contributed by atoms with van der Waals surface area (Å²) in [5.74, 6) is 0.912. The number of hydrogen-bond acceptors (Lipinski definition) is 5. The summed E-state index contributed by atoms with van der Waals surface area (Å²) in [5, 5.41) is 1.12. The molecule has 1 heterocycles. The molecule has 0 fully saturated rings. The highest BCUT2D eigenvalue weighted by Gasteiger charge is 2.20. The number of carbonyl (C=O) groups excluding carboxylic acids is 1. The molecule has 2 aromatic carbocycles. The van der Waals surface area contributed by atoms with Crippen LogP contribution in [0.4, 0.5) is 5.69 Å². The third kappa shape index (κ3) is 7.81. The number of ether oxygens (including phenoxy) is 1. The standard InChI is InChI=1S/C30H42N2O2S/c1-4-7-11-26-27-22-24(31)14-17-28(27)35-30(26)29(33)23-12-15-25(16-13-23)34-21-10-20-32(18-8-5-2)19-9-6-3/h12-17,22H,4-11,18-21,31H2,1-3H3. The molecule has 0 spiro atoms. The molecule has 2 N–H and O–H groups in total. The molecule has 0 atom stereocenters. The van der Waals surface area contributed by atoms with Gasteiger partial charge in [0.1, 0.15) is 5.75 Å². The molecule has 0 saturated heterocycles. The van der Waals surface area contributed by atoms with Gasteiger partial charge in [-0.25, -0.2) is 0 Å². The maximum atomic E-state index is 13.4. The first-order valence-corrected chi connectivity index (χ1v) is 14.2. The zero-order valence-corrected chi connectivity index (χ0v) is 22.6. The summed E-state index contributed by atoms with van der Waals surface area (Å²) in [4.78, 5) is 16.8. The number of unbranched alkanes of at least 4 members (excludes halogenated alkanes) is 3. The number of carbonyl (C=O) groups is 1. The van der Waals surface area contributed by atoms with Crippen molar-refractivity contribution in [2.75, 3.05) is 32.0 Å². The average molecular weight is 495 g/mol. The second-order valence-corrected chi connectivity index (χ2v) is 10.4. The average Bonchev–Trinajstić information content (AvgIpc) is 3.23. The van der Waals surface area contributed by atoms with Gasteiger partial charge in [0.15, 0.2) is 0 Å². The summed E-state index contributed by atoms with van der Waals surface area (Å²) in [6.45, 7) is 10.8. The molecule has 3 aromatic rings.